The highest BCUT2D eigenvalue weighted by Crippen LogP contribution is 2.40. The van der Waals surface area contributed by atoms with Crippen LogP contribution in [0.3, 0.4) is 0 Å². The van der Waals surface area contributed by atoms with Crippen molar-refractivity contribution in [3.63, 3.8) is 0 Å². The molecule has 1 spiro atoms. The highest BCUT2D eigenvalue weighted by Gasteiger charge is 2.42. The number of aromatic amines is 1. The molecule has 7 heteroatoms. The SMILES string of the molecule is Cc1[nH]nc(CCC(=O)N2CCC3(CCC(=O)N(C[C@H]4CCCO4)C3)CC2)c1C. The summed E-state index contributed by atoms with van der Waals surface area (Å²) in [6.45, 7) is 8.07. The molecule has 29 heavy (non-hydrogen) atoms. The Hall–Kier alpha value is -1.89. The molecule has 2 amide bonds. The fourth-order valence-corrected chi connectivity index (χ4v) is 5.10. The van der Waals surface area contributed by atoms with Crippen LogP contribution in [0.4, 0.5) is 0 Å². The van der Waals surface area contributed by atoms with Crippen LogP contribution in [0.2, 0.25) is 0 Å². The summed E-state index contributed by atoms with van der Waals surface area (Å²) >= 11 is 0. The lowest BCUT2D eigenvalue weighted by Gasteiger charge is -2.47. The third-order valence-corrected chi connectivity index (χ3v) is 7.30. The van der Waals surface area contributed by atoms with Crippen molar-refractivity contribution in [2.75, 3.05) is 32.8 Å². The largest absolute Gasteiger partial charge is 0.376 e. The molecular formula is C22H34N4O3. The smallest absolute Gasteiger partial charge is 0.222 e. The molecule has 160 valence electrons. The lowest BCUT2D eigenvalue weighted by Crippen LogP contribution is -2.53. The van der Waals surface area contributed by atoms with Gasteiger partial charge < -0.3 is 14.5 Å². The summed E-state index contributed by atoms with van der Waals surface area (Å²) in [4.78, 5) is 29.2. The van der Waals surface area contributed by atoms with Gasteiger partial charge in [-0.25, -0.2) is 0 Å². The fraction of sp³-hybridized carbons (Fsp3) is 0.773. The average Bonchev–Trinajstić information content (AvgIpc) is 3.34. The number of amides is 2. The molecule has 4 rings (SSSR count). The van der Waals surface area contributed by atoms with E-state index in [1.807, 2.05) is 16.7 Å². The zero-order valence-corrected chi connectivity index (χ0v) is 17.8. The monoisotopic (exact) mass is 402 g/mol. The summed E-state index contributed by atoms with van der Waals surface area (Å²) in [5.41, 5.74) is 3.42. The van der Waals surface area contributed by atoms with Gasteiger partial charge in [-0.15, -0.1) is 0 Å². The van der Waals surface area contributed by atoms with Gasteiger partial charge in [-0.3, -0.25) is 14.7 Å². The Bertz CT molecular complexity index is 745. The van der Waals surface area contributed by atoms with Crippen LogP contribution in [0.5, 0.6) is 0 Å². The molecule has 1 atom stereocenters. The van der Waals surface area contributed by atoms with Crippen LogP contribution in [0.15, 0.2) is 0 Å². The van der Waals surface area contributed by atoms with Crippen molar-refractivity contribution < 1.29 is 14.3 Å². The molecule has 0 radical (unpaired) electrons. The minimum absolute atomic E-state index is 0.180. The topological polar surface area (TPSA) is 78.5 Å². The molecule has 0 aliphatic carbocycles. The van der Waals surface area contributed by atoms with Gasteiger partial charge in [0, 0.05) is 57.7 Å². The van der Waals surface area contributed by atoms with Gasteiger partial charge >= 0.3 is 0 Å². The Morgan fingerprint density at radius 1 is 1.28 bits per heavy atom. The predicted molar refractivity (Wildman–Crippen MR) is 109 cm³/mol. The number of carbonyl (C=O) groups is 2. The van der Waals surface area contributed by atoms with Gasteiger partial charge in [0.15, 0.2) is 0 Å². The Morgan fingerprint density at radius 2 is 2.07 bits per heavy atom. The molecule has 0 unspecified atom stereocenters. The molecule has 1 aromatic heterocycles. The molecule has 4 heterocycles. The van der Waals surface area contributed by atoms with Crippen molar-refractivity contribution in [1.82, 2.24) is 20.0 Å². The van der Waals surface area contributed by atoms with Crippen LogP contribution in [0, 0.1) is 19.3 Å². The summed E-state index contributed by atoms with van der Waals surface area (Å²) in [5, 5.41) is 7.31. The summed E-state index contributed by atoms with van der Waals surface area (Å²) in [7, 11) is 0. The Balaban J connectivity index is 1.28. The van der Waals surface area contributed by atoms with E-state index < -0.39 is 0 Å². The number of hydrogen-bond donors (Lipinski definition) is 1. The highest BCUT2D eigenvalue weighted by molar-refractivity contribution is 5.78. The van der Waals surface area contributed by atoms with Crippen molar-refractivity contribution in [2.45, 2.75) is 71.3 Å². The van der Waals surface area contributed by atoms with Crippen LogP contribution in [0.1, 0.15) is 61.9 Å². The summed E-state index contributed by atoms with van der Waals surface area (Å²) < 4.78 is 5.75. The first-order chi connectivity index (χ1) is 14.0. The van der Waals surface area contributed by atoms with E-state index in [1.165, 1.54) is 0 Å². The first kappa shape index (κ1) is 20.4. The van der Waals surface area contributed by atoms with Crippen molar-refractivity contribution in [3.8, 4) is 0 Å². The van der Waals surface area contributed by atoms with Gasteiger partial charge in [0.05, 0.1) is 11.8 Å². The number of rotatable bonds is 5. The Morgan fingerprint density at radius 3 is 2.72 bits per heavy atom. The second-order valence-electron chi connectivity index (χ2n) is 9.21. The maximum atomic E-state index is 12.7. The first-order valence-electron chi connectivity index (χ1n) is 11.1. The van der Waals surface area contributed by atoms with Crippen LogP contribution in [-0.2, 0) is 20.7 Å². The van der Waals surface area contributed by atoms with Crippen molar-refractivity contribution in [2.24, 2.45) is 5.41 Å². The maximum Gasteiger partial charge on any atom is 0.222 e. The van der Waals surface area contributed by atoms with Crippen LogP contribution in [-0.4, -0.2) is 70.7 Å². The molecule has 0 saturated carbocycles. The number of ether oxygens (including phenoxy) is 1. The minimum Gasteiger partial charge on any atom is -0.376 e. The first-order valence-corrected chi connectivity index (χ1v) is 11.1. The van der Waals surface area contributed by atoms with E-state index in [1.54, 1.807) is 0 Å². The van der Waals surface area contributed by atoms with Crippen LogP contribution >= 0.6 is 0 Å². The third kappa shape index (κ3) is 4.49. The summed E-state index contributed by atoms with van der Waals surface area (Å²) in [5.74, 6) is 0.497. The highest BCUT2D eigenvalue weighted by atomic mass is 16.5. The quantitative estimate of drug-likeness (QED) is 0.820. The van der Waals surface area contributed by atoms with E-state index >= 15 is 0 Å². The van der Waals surface area contributed by atoms with E-state index in [4.69, 9.17) is 4.74 Å². The average molecular weight is 403 g/mol. The number of nitrogens with zero attached hydrogens (tertiary/aromatic N) is 3. The number of nitrogens with one attached hydrogen (secondary N) is 1. The van der Waals surface area contributed by atoms with Gasteiger partial charge in [-0.1, -0.05) is 0 Å². The van der Waals surface area contributed by atoms with Gasteiger partial charge in [0.2, 0.25) is 11.8 Å². The normalized spacial score (nSPS) is 24.5. The molecule has 3 fully saturated rings. The zero-order valence-electron chi connectivity index (χ0n) is 17.8. The molecule has 1 aromatic rings. The second-order valence-corrected chi connectivity index (χ2v) is 9.21. The van der Waals surface area contributed by atoms with E-state index in [0.717, 1.165) is 81.8 Å². The molecule has 3 aliphatic heterocycles. The summed E-state index contributed by atoms with van der Waals surface area (Å²) in [6, 6.07) is 0. The molecular weight excluding hydrogens is 368 g/mol. The lowest BCUT2D eigenvalue weighted by atomic mass is 9.72. The standard InChI is InChI=1S/C22H34N4O3/c1-16-17(2)23-24-19(16)5-6-20(27)25-11-9-22(10-12-25)8-7-21(28)26(15-22)14-18-4-3-13-29-18/h18H,3-15H2,1-2H3,(H,23,24)/t18-/m1/s1. The minimum atomic E-state index is 0.180. The predicted octanol–water partition coefficient (Wildman–Crippen LogP) is 2.37. The van der Waals surface area contributed by atoms with E-state index in [-0.39, 0.29) is 23.3 Å². The number of hydrogen-bond acceptors (Lipinski definition) is 4. The molecule has 3 saturated heterocycles. The number of piperidine rings is 2. The second kappa shape index (κ2) is 8.46. The lowest BCUT2D eigenvalue weighted by molar-refractivity contribution is -0.144. The van der Waals surface area contributed by atoms with Crippen LogP contribution < -0.4 is 0 Å². The Labute approximate surface area is 173 Å². The maximum absolute atomic E-state index is 12.7. The number of carbonyl (C=O) groups excluding carboxylic acids is 2. The molecule has 3 aliphatic rings. The van der Waals surface area contributed by atoms with Crippen LogP contribution in [0.25, 0.3) is 0 Å². The van der Waals surface area contributed by atoms with Crippen molar-refractivity contribution in [1.29, 1.82) is 0 Å². The number of aryl methyl sites for hydroxylation is 2. The number of aromatic nitrogens is 2. The molecule has 1 N–H and O–H groups in total. The Kier molecular flexibility index (Phi) is 5.95. The zero-order chi connectivity index (χ0) is 20.4. The van der Waals surface area contributed by atoms with E-state index in [2.05, 4.69) is 17.1 Å². The third-order valence-electron chi connectivity index (χ3n) is 7.30. The molecule has 0 aromatic carbocycles. The van der Waals surface area contributed by atoms with Crippen molar-refractivity contribution in [3.05, 3.63) is 17.0 Å². The number of likely N-dealkylation sites (tertiary alicyclic amines) is 2. The van der Waals surface area contributed by atoms with E-state index in [9.17, 15) is 9.59 Å². The number of H-pyrrole nitrogens is 1. The van der Waals surface area contributed by atoms with Crippen molar-refractivity contribution >= 4 is 11.8 Å². The van der Waals surface area contributed by atoms with Gasteiger partial charge in [0.25, 0.3) is 0 Å². The van der Waals surface area contributed by atoms with E-state index in [0.29, 0.717) is 19.3 Å². The summed E-state index contributed by atoms with van der Waals surface area (Å²) in [6.07, 6.45) is 7.18. The van der Waals surface area contributed by atoms with Gasteiger partial charge in [0.1, 0.15) is 0 Å². The fourth-order valence-electron chi connectivity index (χ4n) is 5.10. The molecule has 0 bridgehead atoms. The molecule has 7 nitrogen and oxygen atoms in total. The van der Waals surface area contributed by atoms with Gasteiger partial charge in [-0.05, 0) is 56.9 Å². The van der Waals surface area contributed by atoms with Gasteiger partial charge in [-0.2, -0.15) is 5.10 Å².